The van der Waals surface area contributed by atoms with Gasteiger partial charge in [0, 0.05) is 12.1 Å². The fourth-order valence-electron chi connectivity index (χ4n) is 3.13. The number of ether oxygens (including phenoxy) is 1. The Morgan fingerprint density at radius 3 is 2.47 bits per heavy atom. The van der Waals surface area contributed by atoms with Crippen molar-refractivity contribution in [2.45, 2.75) is 24.7 Å². The van der Waals surface area contributed by atoms with Crippen molar-refractivity contribution in [3.8, 4) is 5.75 Å². The third kappa shape index (κ3) is 7.12. The summed E-state index contributed by atoms with van der Waals surface area (Å²) < 4.78 is 33.0. The lowest BCUT2D eigenvalue weighted by Crippen LogP contribution is -2.39. The summed E-state index contributed by atoms with van der Waals surface area (Å²) in [6.45, 7) is 2.07. The minimum Gasteiger partial charge on any atom is -0.494 e. The van der Waals surface area contributed by atoms with Crippen molar-refractivity contribution in [3.05, 3.63) is 94.5 Å². The predicted molar refractivity (Wildman–Crippen MR) is 137 cm³/mol. The van der Waals surface area contributed by atoms with E-state index in [1.165, 1.54) is 36.5 Å². The summed E-state index contributed by atoms with van der Waals surface area (Å²) in [6.07, 6.45) is 3.41. The van der Waals surface area contributed by atoms with Gasteiger partial charge in [-0.3, -0.25) is 19.2 Å². The van der Waals surface area contributed by atoms with Gasteiger partial charge in [0.25, 0.3) is 21.6 Å². The van der Waals surface area contributed by atoms with Crippen LogP contribution in [0.25, 0.3) is 0 Å². The molecule has 1 N–H and O–H groups in total. The van der Waals surface area contributed by atoms with E-state index in [0.717, 1.165) is 29.0 Å². The van der Waals surface area contributed by atoms with E-state index in [-0.39, 0.29) is 16.3 Å². The number of rotatable bonds is 12. The highest BCUT2D eigenvalue weighted by molar-refractivity contribution is 7.92. The van der Waals surface area contributed by atoms with Crippen LogP contribution in [0.3, 0.4) is 0 Å². The molecule has 0 unspecified atom stereocenters. The Kier molecular flexibility index (Phi) is 9.12. The molecule has 0 atom stereocenters. The van der Waals surface area contributed by atoms with Gasteiger partial charge in [0.2, 0.25) is 0 Å². The number of carbonyl (C=O) groups excluding carboxylic acids is 1. The number of non-ortho nitro benzene ring substituents is 1. The number of hydrazone groups is 1. The number of nitrogens with zero attached hydrogens (tertiary/aromatic N) is 3. The van der Waals surface area contributed by atoms with Crippen molar-refractivity contribution in [1.29, 1.82) is 0 Å². The number of nitrogens with one attached hydrogen (secondary N) is 1. The molecule has 10 nitrogen and oxygen atoms in total. The Balaban J connectivity index is 1.75. The normalized spacial score (nSPS) is 11.2. The largest absolute Gasteiger partial charge is 0.494 e. The standard InChI is InChI=1S/C25H26N4O6S/c1-2-3-16-35-23-14-12-20(13-15-23)18-26-27-25(30)19-28(21-8-7-9-22(17-21)29(31)32)36(33,34)24-10-5-4-6-11-24/h4-15,17-18H,2-3,16,19H2,1H3,(H,27,30)/b26-18-. The number of nitro groups is 1. The van der Waals surface area contributed by atoms with Gasteiger partial charge in [-0.05, 0) is 54.4 Å². The molecule has 1 amide bonds. The Morgan fingerprint density at radius 2 is 1.81 bits per heavy atom. The van der Waals surface area contributed by atoms with Crippen molar-refractivity contribution in [2.24, 2.45) is 5.10 Å². The van der Waals surface area contributed by atoms with E-state index in [9.17, 15) is 23.3 Å². The molecular formula is C25H26N4O6S. The van der Waals surface area contributed by atoms with Gasteiger partial charge in [-0.15, -0.1) is 0 Å². The molecule has 3 rings (SSSR count). The van der Waals surface area contributed by atoms with Gasteiger partial charge in [-0.2, -0.15) is 5.10 Å². The fraction of sp³-hybridized carbons (Fsp3) is 0.200. The first-order chi connectivity index (χ1) is 17.3. The highest BCUT2D eigenvalue weighted by Crippen LogP contribution is 2.26. The van der Waals surface area contributed by atoms with Crippen molar-refractivity contribution >= 4 is 33.5 Å². The first-order valence-corrected chi connectivity index (χ1v) is 12.6. The average Bonchev–Trinajstić information content (AvgIpc) is 2.89. The molecule has 0 fully saturated rings. The monoisotopic (exact) mass is 510 g/mol. The van der Waals surface area contributed by atoms with E-state index in [0.29, 0.717) is 12.2 Å². The summed E-state index contributed by atoms with van der Waals surface area (Å²) in [6, 6.07) is 19.7. The lowest BCUT2D eigenvalue weighted by molar-refractivity contribution is -0.384. The lowest BCUT2D eigenvalue weighted by atomic mass is 10.2. The predicted octanol–water partition coefficient (Wildman–Crippen LogP) is 4.12. The number of benzene rings is 3. The quantitative estimate of drug-likeness (QED) is 0.169. The first kappa shape index (κ1) is 26.4. The highest BCUT2D eigenvalue weighted by Gasteiger charge is 2.28. The van der Waals surface area contributed by atoms with Gasteiger partial charge in [0.15, 0.2) is 0 Å². The summed E-state index contributed by atoms with van der Waals surface area (Å²) in [5, 5.41) is 15.1. The summed E-state index contributed by atoms with van der Waals surface area (Å²) in [5.74, 6) is 0.000122. The van der Waals surface area contributed by atoms with E-state index in [1.807, 2.05) is 0 Å². The van der Waals surface area contributed by atoms with Crippen molar-refractivity contribution in [3.63, 3.8) is 0 Å². The molecule has 0 spiro atoms. The molecule has 3 aromatic carbocycles. The van der Waals surface area contributed by atoms with E-state index < -0.39 is 27.4 Å². The molecule has 0 aromatic heterocycles. The van der Waals surface area contributed by atoms with Gasteiger partial charge in [0.1, 0.15) is 12.3 Å². The van der Waals surface area contributed by atoms with Crippen LogP contribution in [0.4, 0.5) is 11.4 Å². The Bertz CT molecular complexity index is 1310. The number of hydrogen-bond acceptors (Lipinski definition) is 7. The van der Waals surface area contributed by atoms with Crippen LogP contribution in [-0.2, 0) is 14.8 Å². The minimum atomic E-state index is -4.20. The molecule has 0 saturated heterocycles. The van der Waals surface area contributed by atoms with Crippen LogP contribution in [0.1, 0.15) is 25.3 Å². The van der Waals surface area contributed by atoms with E-state index in [1.54, 1.807) is 42.5 Å². The Labute approximate surface area is 209 Å². The first-order valence-electron chi connectivity index (χ1n) is 11.2. The molecule has 0 saturated carbocycles. The van der Waals surface area contributed by atoms with Gasteiger partial charge in [-0.25, -0.2) is 13.8 Å². The van der Waals surface area contributed by atoms with Gasteiger partial charge in [0.05, 0.1) is 28.3 Å². The molecule has 36 heavy (non-hydrogen) atoms. The van der Waals surface area contributed by atoms with Gasteiger partial charge < -0.3 is 4.74 Å². The van der Waals surface area contributed by atoms with E-state index >= 15 is 0 Å². The maximum Gasteiger partial charge on any atom is 0.271 e. The summed E-state index contributed by atoms with van der Waals surface area (Å²) in [4.78, 5) is 23.1. The van der Waals surface area contributed by atoms with Gasteiger partial charge >= 0.3 is 0 Å². The molecule has 0 radical (unpaired) electrons. The molecule has 0 aliphatic heterocycles. The summed E-state index contributed by atoms with van der Waals surface area (Å²) in [5.41, 5.74) is 2.68. The molecular weight excluding hydrogens is 484 g/mol. The Morgan fingerprint density at radius 1 is 1.08 bits per heavy atom. The zero-order valence-electron chi connectivity index (χ0n) is 19.6. The van der Waals surface area contributed by atoms with Crippen molar-refractivity contribution in [1.82, 2.24) is 5.43 Å². The number of anilines is 1. The number of nitro benzene ring substituents is 1. The maximum atomic E-state index is 13.3. The smallest absolute Gasteiger partial charge is 0.271 e. The Hall–Kier alpha value is -4.25. The number of hydrogen-bond donors (Lipinski definition) is 1. The maximum absolute atomic E-state index is 13.3. The van der Waals surface area contributed by atoms with Crippen molar-refractivity contribution in [2.75, 3.05) is 17.5 Å². The number of amides is 1. The minimum absolute atomic E-state index is 0.0224. The van der Waals surface area contributed by atoms with Crippen LogP contribution in [-0.4, -0.2) is 38.6 Å². The van der Waals surface area contributed by atoms with Crippen LogP contribution >= 0.6 is 0 Å². The molecule has 0 heterocycles. The average molecular weight is 511 g/mol. The highest BCUT2D eigenvalue weighted by atomic mass is 32.2. The zero-order valence-corrected chi connectivity index (χ0v) is 20.4. The second kappa shape index (κ2) is 12.5. The van der Waals surface area contributed by atoms with Crippen LogP contribution < -0.4 is 14.5 Å². The number of unbranched alkanes of at least 4 members (excludes halogenated alkanes) is 1. The number of sulfonamides is 1. The van der Waals surface area contributed by atoms with Crippen LogP contribution in [0.15, 0.2) is 88.9 Å². The third-order valence-electron chi connectivity index (χ3n) is 5.00. The lowest BCUT2D eigenvalue weighted by Gasteiger charge is -2.23. The fourth-order valence-corrected chi connectivity index (χ4v) is 4.56. The van der Waals surface area contributed by atoms with Crippen molar-refractivity contribution < 1.29 is 22.9 Å². The summed E-state index contributed by atoms with van der Waals surface area (Å²) in [7, 11) is -4.20. The molecule has 188 valence electrons. The molecule has 11 heteroatoms. The second-order valence-corrected chi connectivity index (χ2v) is 9.53. The van der Waals surface area contributed by atoms with Gasteiger partial charge in [-0.1, -0.05) is 37.6 Å². The molecule has 0 aliphatic rings. The molecule has 3 aromatic rings. The second-order valence-electron chi connectivity index (χ2n) is 7.67. The summed E-state index contributed by atoms with van der Waals surface area (Å²) >= 11 is 0. The van der Waals surface area contributed by atoms with Crippen LogP contribution in [0, 0.1) is 10.1 Å². The van der Waals surface area contributed by atoms with Crippen LogP contribution in [0.2, 0.25) is 0 Å². The van der Waals surface area contributed by atoms with E-state index in [2.05, 4.69) is 17.5 Å². The van der Waals surface area contributed by atoms with Crippen LogP contribution in [0.5, 0.6) is 5.75 Å². The SMILES string of the molecule is CCCCOc1ccc(/C=N\NC(=O)CN(c2cccc([N+](=O)[O-])c2)S(=O)(=O)c2ccccc2)cc1. The zero-order chi connectivity index (χ0) is 26.0. The molecule has 0 aliphatic carbocycles. The number of carbonyl (C=O) groups is 1. The molecule has 0 bridgehead atoms. The van der Waals surface area contributed by atoms with E-state index in [4.69, 9.17) is 4.74 Å². The topological polar surface area (TPSA) is 131 Å². The third-order valence-corrected chi connectivity index (χ3v) is 6.78.